The van der Waals surface area contributed by atoms with Gasteiger partial charge in [0.05, 0.1) is 16.6 Å². The molecule has 1 heterocycles. The van der Waals surface area contributed by atoms with Gasteiger partial charge in [-0.1, -0.05) is 13.0 Å². The molecule has 0 bridgehead atoms. The number of carbonyl (C=O) groups is 1. The summed E-state index contributed by atoms with van der Waals surface area (Å²) in [6, 6.07) is 4.04. The molecule has 1 aromatic heterocycles. The number of aryl methyl sites for hydroxylation is 1. The molecule has 0 radical (unpaired) electrons. The van der Waals surface area contributed by atoms with Crippen molar-refractivity contribution in [2.75, 3.05) is 0 Å². The van der Waals surface area contributed by atoms with Crippen molar-refractivity contribution in [2.24, 2.45) is 0 Å². The second-order valence-corrected chi connectivity index (χ2v) is 4.06. The molecule has 19 heavy (non-hydrogen) atoms. The van der Waals surface area contributed by atoms with E-state index in [0.717, 1.165) is 4.57 Å². The van der Waals surface area contributed by atoms with E-state index in [2.05, 4.69) is 4.98 Å². The molecular weight excluding hydrogens is 261 g/mol. The van der Waals surface area contributed by atoms with Crippen molar-refractivity contribution < 1.29 is 23.1 Å². The first-order chi connectivity index (χ1) is 8.86. The molecule has 7 heteroatoms. The topological polar surface area (TPSA) is 55.1 Å². The average molecular weight is 272 g/mol. The average Bonchev–Trinajstić information content (AvgIpc) is 2.68. The van der Waals surface area contributed by atoms with Crippen molar-refractivity contribution in [3.63, 3.8) is 0 Å². The van der Waals surface area contributed by atoms with Crippen LogP contribution in [0, 0.1) is 0 Å². The van der Waals surface area contributed by atoms with Gasteiger partial charge < -0.3 is 9.67 Å². The second kappa shape index (κ2) is 4.56. The number of hydrogen-bond donors (Lipinski definition) is 1. The number of hydrogen-bond acceptors (Lipinski definition) is 2. The molecule has 102 valence electrons. The summed E-state index contributed by atoms with van der Waals surface area (Å²) in [6.45, 7) is 1.78. The van der Waals surface area contributed by atoms with E-state index in [1.165, 1.54) is 18.2 Å². The van der Waals surface area contributed by atoms with Crippen LogP contribution in [0.2, 0.25) is 0 Å². The fourth-order valence-electron chi connectivity index (χ4n) is 2.02. The number of carboxylic acid groups (broad SMARTS) is 1. The Bertz CT molecular complexity index is 632. The van der Waals surface area contributed by atoms with Crippen LogP contribution in [-0.2, 0) is 12.7 Å². The highest BCUT2D eigenvalue weighted by atomic mass is 19.4. The molecule has 2 aromatic rings. The molecule has 0 amide bonds. The monoisotopic (exact) mass is 272 g/mol. The SMILES string of the molecule is CCCn1c(C(F)(F)F)nc2cccc(C(=O)O)c21. The number of benzene rings is 1. The highest BCUT2D eigenvalue weighted by Crippen LogP contribution is 2.32. The van der Waals surface area contributed by atoms with E-state index in [1.807, 2.05) is 0 Å². The molecule has 0 aliphatic heterocycles. The minimum absolute atomic E-state index is 0.0178. The fraction of sp³-hybridized carbons (Fsp3) is 0.333. The number of para-hydroxylation sites is 1. The Kier molecular flexibility index (Phi) is 3.21. The number of fused-ring (bicyclic) bond motifs is 1. The summed E-state index contributed by atoms with van der Waals surface area (Å²) in [7, 11) is 0. The normalized spacial score (nSPS) is 12.0. The molecule has 0 fully saturated rings. The van der Waals surface area contributed by atoms with Crippen LogP contribution in [0.3, 0.4) is 0 Å². The van der Waals surface area contributed by atoms with Gasteiger partial charge in [-0.15, -0.1) is 0 Å². The van der Waals surface area contributed by atoms with E-state index < -0.39 is 18.0 Å². The molecule has 0 saturated carbocycles. The first kappa shape index (κ1) is 13.4. The number of carboxylic acids is 1. The van der Waals surface area contributed by atoms with Gasteiger partial charge >= 0.3 is 12.1 Å². The number of aromatic nitrogens is 2. The van der Waals surface area contributed by atoms with Crippen molar-refractivity contribution >= 4 is 17.0 Å². The lowest BCUT2D eigenvalue weighted by Gasteiger charge is -2.11. The van der Waals surface area contributed by atoms with E-state index in [0.29, 0.717) is 6.42 Å². The number of alkyl halides is 3. The Balaban J connectivity index is 2.83. The van der Waals surface area contributed by atoms with Crippen molar-refractivity contribution in [1.29, 1.82) is 0 Å². The summed E-state index contributed by atoms with van der Waals surface area (Å²) in [6.07, 6.45) is -4.16. The van der Waals surface area contributed by atoms with Crippen molar-refractivity contribution in [2.45, 2.75) is 26.1 Å². The quantitative estimate of drug-likeness (QED) is 0.933. The van der Waals surface area contributed by atoms with E-state index in [9.17, 15) is 18.0 Å². The van der Waals surface area contributed by atoms with Gasteiger partial charge in [-0.05, 0) is 18.6 Å². The predicted molar refractivity (Wildman–Crippen MR) is 62.0 cm³/mol. The zero-order valence-corrected chi connectivity index (χ0v) is 10.0. The smallest absolute Gasteiger partial charge is 0.449 e. The molecule has 0 spiro atoms. The third-order valence-corrected chi connectivity index (χ3v) is 2.70. The Morgan fingerprint density at radius 3 is 2.63 bits per heavy atom. The molecule has 0 aliphatic carbocycles. The number of aromatic carboxylic acids is 1. The zero-order valence-electron chi connectivity index (χ0n) is 10.0. The van der Waals surface area contributed by atoms with Gasteiger partial charge in [-0.3, -0.25) is 0 Å². The first-order valence-electron chi connectivity index (χ1n) is 5.66. The maximum atomic E-state index is 12.9. The summed E-state index contributed by atoms with van der Waals surface area (Å²) in [4.78, 5) is 14.6. The van der Waals surface area contributed by atoms with Crippen LogP contribution in [0.25, 0.3) is 11.0 Å². The molecule has 4 nitrogen and oxygen atoms in total. The van der Waals surface area contributed by atoms with Crippen LogP contribution in [0.5, 0.6) is 0 Å². The maximum Gasteiger partial charge on any atom is 0.449 e. The Hall–Kier alpha value is -2.05. The third-order valence-electron chi connectivity index (χ3n) is 2.70. The highest BCUT2D eigenvalue weighted by Gasteiger charge is 2.38. The molecule has 1 N–H and O–H groups in total. The van der Waals surface area contributed by atoms with Crippen molar-refractivity contribution in [3.05, 3.63) is 29.6 Å². The van der Waals surface area contributed by atoms with Crippen LogP contribution < -0.4 is 0 Å². The number of imidazole rings is 1. The molecule has 2 rings (SSSR count). The van der Waals surface area contributed by atoms with Gasteiger partial charge in [0.25, 0.3) is 0 Å². The Morgan fingerprint density at radius 1 is 1.42 bits per heavy atom. The maximum absolute atomic E-state index is 12.9. The van der Waals surface area contributed by atoms with Gasteiger partial charge in [0.1, 0.15) is 0 Å². The fourth-order valence-corrected chi connectivity index (χ4v) is 2.02. The number of halogens is 3. The lowest BCUT2D eigenvalue weighted by atomic mass is 10.2. The molecule has 1 aromatic carbocycles. The summed E-state index contributed by atoms with van der Waals surface area (Å²) >= 11 is 0. The molecule has 0 atom stereocenters. The minimum atomic E-state index is -4.61. The van der Waals surface area contributed by atoms with E-state index in [1.54, 1.807) is 6.92 Å². The van der Waals surface area contributed by atoms with Gasteiger partial charge in [0.2, 0.25) is 5.82 Å². The second-order valence-electron chi connectivity index (χ2n) is 4.06. The number of rotatable bonds is 3. The first-order valence-corrected chi connectivity index (χ1v) is 5.66. The summed E-state index contributed by atoms with van der Waals surface area (Å²) < 4.78 is 39.7. The Labute approximate surface area is 106 Å². The van der Waals surface area contributed by atoms with E-state index in [-0.39, 0.29) is 23.1 Å². The third kappa shape index (κ3) is 2.27. The van der Waals surface area contributed by atoms with Gasteiger partial charge in [-0.2, -0.15) is 13.2 Å². The van der Waals surface area contributed by atoms with Crippen molar-refractivity contribution in [3.8, 4) is 0 Å². The van der Waals surface area contributed by atoms with E-state index >= 15 is 0 Å². The molecule has 0 unspecified atom stereocenters. The van der Waals surface area contributed by atoms with Gasteiger partial charge in [0.15, 0.2) is 0 Å². The molecule has 0 saturated heterocycles. The highest BCUT2D eigenvalue weighted by molar-refractivity contribution is 6.01. The predicted octanol–water partition coefficient (Wildman–Crippen LogP) is 3.16. The van der Waals surface area contributed by atoms with Gasteiger partial charge in [0, 0.05) is 6.54 Å². The van der Waals surface area contributed by atoms with E-state index in [4.69, 9.17) is 5.11 Å². The summed E-state index contributed by atoms with van der Waals surface area (Å²) in [5, 5.41) is 9.07. The summed E-state index contributed by atoms with van der Waals surface area (Å²) in [5.74, 6) is -2.32. The van der Waals surface area contributed by atoms with Crippen LogP contribution in [0.15, 0.2) is 18.2 Å². The molecular formula is C12H11F3N2O2. The standard InChI is InChI=1S/C12H11F3N2O2/c1-2-6-17-9-7(10(18)19)4-3-5-8(9)16-11(17)12(13,14)15/h3-5H,2,6H2,1H3,(H,18,19). The zero-order chi connectivity index (χ0) is 14.2. The molecule has 0 aliphatic rings. The summed E-state index contributed by atoms with van der Waals surface area (Å²) in [5.41, 5.74) is -0.112. The Morgan fingerprint density at radius 2 is 2.11 bits per heavy atom. The largest absolute Gasteiger partial charge is 0.478 e. The van der Waals surface area contributed by atoms with Crippen LogP contribution in [0.1, 0.15) is 29.5 Å². The van der Waals surface area contributed by atoms with Crippen LogP contribution in [-0.4, -0.2) is 20.6 Å². The van der Waals surface area contributed by atoms with Crippen molar-refractivity contribution in [1.82, 2.24) is 9.55 Å². The van der Waals surface area contributed by atoms with Gasteiger partial charge in [-0.25, -0.2) is 9.78 Å². The van der Waals surface area contributed by atoms with Crippen LogP contribution in [0.4, 0.5) is 13.2 Å². The number of nitrogens with zero attached hydrogens (tertiary/aromatic N) is 2. The lowest BCUT2D eigenvalue weighted by Crippen LogP contribution is -2.15. The van der Waals surface area contributed by atoms with Crippen LogP contribution >= 0.6 is 0 Å². The lowest BCUT2D eigenvalue weighted by molar-refractivity contribution is -0.146. The minimum Gasteiger partial charge on any atom is -0.478 e.